The Bertz CT molecular complexity index is 1370. The maximum absolute atomic E-state index is 15.0. The first-order valence-corrected chi connectivity index (χ1v) is 14.3. The highest BCUT2D eigenvalue weighted by atomic mass is 16.7. The molecule has 214 valence electrons. The van der Waals surface area contributed by atoms with Crippen LogP contribution in [0.1, 0.15) is 72.5 Å². The molecule has 1 aromatic rings. The van der Waals surface area contributed by atoms with E-state index in [9.17, 15) is 14.4 Å². The highest BCUT2D eigenvalue weighted by Crippen LogP contribution is 2.82. The van der Waals surface area contributed by atoms with Crippen molar-refractivity contribution in [2.24, 2.45) is 33.5 Å². The molecule has 0 radical (unpaired) electrons. The van der Waals surface area contributed by atoms with E-state index in [-0.39, 0.29) is 30.6 Å². The molecule has 6 aliphatic rings. The molecule has 4 heterocycles. The summed E-state index contributed by atoms with van der Waals surface area (Å²) >= 11 is 0. The van der Waals surface area contributed by atoms with Gasteiger partial charge in [0.2, 0.25) is 0 Å². The molecule has 1 aromatic heterocycles. The van der Waals surface area contributed by atoms with Crippen LogP contribution in [0.15, 0.2) is 35.2 Å². The predicted octanol–water partition coefficient (Wildman–Crippen LogP) is 3.90. The Morgan fingerprint density at radius 3 is 2.55 bits per heavy atom. The quantitative estimate of drug-likeness (QED) is 0.311. The highest BCUT2D eigenvalue weighted by Gasteiger charge is 2.93. The van der Waals surface area contributed by atoms with Crippen LogP contribution >= 0.6 is 0 Å². The zero-order valence-electron chi connectivity index (χ0n) is 23.8. The number of esters is 2. The van der Waals surface area contributed by atoms with Crippen molar-refractivity contribution in [3.05, 3.63) is 36.3 Å². The zero-order chi connectivity index (χ0) is 28.7. The lowest BCUT2D eigenvalue weighted by Crippen LogP contribution is -2.78. The van der Waals surface area contributed by atoms with Crippen LogP contribution < -0.4 is 0 Å². The number of Topliss-reactive ketones (excluding diaryl/α,β-unsaturated/α-hetero) is 1. The van der Waals surface area contributed by atoms with Gasteiger partial charge in [0.25, 0.3) is 0 Å². The molecule has 2 saturated carbocycles. The van der Waals surface area contributed by atoms with Crippen molar-refractivity contribution in [3.8, 4) is 0 Å². The fourth-order valence-electron chi connectivity index (χ4n) is 10.1. The van der Waals surface area contributed by atoms with Gasteiger partial charge in [-0.1, -0.05) is 33.8 Å². The maximum Gasteiger partial charge on any atom is 0.339 e. The number of allylic oxidation sites excluding steroid dienone is 1. The van der Waals surface area contributed by atoms with Gasteiger partial charge >= 0.3 is 11.9 Å². The largest absolute Gasteiger partial charge is 0.472 e. The molecule has 9 atom stereocenters. The summed E-state index contributed by atoms with van der Waals surface area (Å²) in [6, 6.07) is 1.77. The number of carbonyl (C=O) groups excluding carboxylic acids is 4. The molecular weight excluding hydrogens is 516 g/mol. The van der Waals surface area contributed by atoms with E-state index in [1.54, 1.807) is 26.2 Å². The highest BCUT2D eigenvalue weighted by molar-refractivity contribution is 6.19. The first-order valence-electron chi connectivity index (χ1n) is 14.3. The van der Waals surface area contributed by atoms with Crippen molar-refractivity contribution >= 4 is 23.5 Å². The van der Waals surface area contributed by atoms with Crippen LogP contribution in [0.5, 0.6) is 0 Å². The second kappa shape index (κ2) is 7.53. The molecule has 0 bridgehead atoms. The normalized spacial score (nSPS) is 47.6. The maximum atomic E-state index is 15.0. The van der Waals surface area contributed by atoms with Gasteiger partial charge in [0.15, 0.2) is 23.8 Å². The van der Waals surface area contributed by atoms with Crippen LogP contribution in [-0.4, -0.2) is 53.5 Å². The van der Waals surface area contributed by atoms with Crippen molar-refractivity contribution < 1.29 is 42.5 Å². The Hall–Kier alpha value is -2.78. The minimum Gasteiger partial charge on any atom is -0.472 e. The summed E-state index contributed by atoms with van der Waals surface area (Å²) in [6.07, 6.45) is 4.85. The molecule has 0 amide bonds. The first kappa shape index (κ1) is 26.1. The van der Waals surface area contributed by atoms with Crippen molar-refractivity contribution in [2.75, 3.05) is 6.61 Å². The van der Waals surface area contributed by atoms with Crippen LogP contribution in [-0.2, 0) is 38.1 Å². The number of fused-ring (bicyclic) bond motifs is 1. The molecule has 0 unspecified atom stereocenters. The van der Waals surface area contributed by atoms with E-state index in [0.29, 0.717) is 18.4 Å². The fraction of sp³-hybridized carbons (Fsp3) is 0.677. The van der Waals surface area contributed by atoms with Crippen LogP contribution in [0.2, 0.25) is 0 Å². The van der Waals surface area contributed by atoms with Gasteiger partial charge < -0.3 is 23.4 Å². The number of hydrogen-bond donors (Lipinski definition) is 0. The zero-order valence-corrected chi connectivity index (χ0v) is 23.8. The van der Waals surface area contributed by atoms with E-state index in [0.717, 1.165) is 0 Å². The summed E-state index contributed by atoms with van der Waals surface area (Å²) in [6.45, 7) is 11.5. The fourth-order valence-corrected chi connectivity index (χ4v) is 10.1. The van der Waals surface area contributed by atoms with E-state index >= 15 is 4.79 Å². The second-order valence-corrected chi connectivity index (χ2v) is 14.0. The molecule has 5 fully saturated rings. The average Bonchev–Trinajstić information content (AvgIpc) is 3.17. The van der Waals surface area contributed by atoms with E-state index in [1.165, 1.54) is 12.3 Å². The molecule has 9 nitrogen and oxygen atoms in total. The number of carbonyl (C=O) groups is 4. The lowest BCUT2D eigenvalue weighted by atomic mass is 9.34. The molecule has 40 heavy (non-hydrogen) atoms. The van der Waals surface area contributed by atoms with Gasteiger partial charge in [-0.15, -0.1) is 0 Å². The van der Waals surface area contributed by atoms with Gasteiger partial charge in [0.05, 0.1) is 24.7 Å². The number of hydrogen-bond acceptors (Lipinski definition) is 9. The molecule has 0 aromatic carbocycles. The van der Waals surface area contributed by atoms with Crippen LogP contribution in [0.3, 0.4) is 0 Å². The number of ether oxygens (including phenoxy) is 4. The Morgan fingerprint density at radius 2 is 1.88 bits per heavy atom. The third kappa shape index (κ3) is 2.51. The summed E-state index contributed by atoms with van der Waals surface area (Å²) in [5.41, 5.74) is -6.01. The molecule has 3 aliphatic carbocycles. The third-order valence-electron chi connectivity index (χ3n) is 11.6. The van der Waals surface area contributed by atoms with E-state index in [2.05, 4.69) is 0 Å². The third-order valence-corrected chi connectivity index (χ3v) is 11.6. The number of epoxide rings is 1. The molecule has 9 heteroatoms. The van der Waals surface area contributed by atoms with Crippen molar-refractivity contribution in [3.63, 3.8) is 0 Å². The lowest BCUT2D eigenvalue weighted by Gasteiger charge is -2.67. The van der Waals surface area contributed by atoms with Gasteiger partial charge in [-0.2, -0.15) is 0 Å². The average molecular weight is 553 g/mol. The molecule has 3 saturated heterocycles. The van der Waals surface area contributed by atoms with E-state index in [1.807, 2.05) is 33.8 Å². The van der Waals surface area contributed by atoms with E-state index in [4.69, 9.17) is 23.4 Å². The number of cyclic esters (lactones) is 1. The van der Waals surface area contributed by atoms with E-state index < -0.39 is 68.9 Å². The molecule has 0 N–H and O–H groups in total. The summed E-state index contributed by atoms with van der Waals surface area (Å²) in [5.74, 6) is -2.16. The smallest absolute Gasteiger partial charge is 0.339 e. The summed E-state index contributed by atoms with van der Waals surface area (Å²) in [7, 11) is 0. The minimum atomic E-state index is -1.54. The Labute approximate surface area is 232 Å². The van der Waals surface area contributed by atoms with Gasteiger partial charge in [0, 0.05) is 28.2 Å². The van der Waals surface area contributed by atoms with Crippen molar-refractivity contribution in [1.29, 1.82) is 0 Å². The molecule has 7 rings (SSSR count). The SMILES string of the molecule is CC(C)CC(=O)O[C@@H]1C(=O)[C@]23C(=O)C=C[C@]2(COC3(C)C)[C@H]2CC[C@@]3(C)[C@H](c4ccoc4)OC(=O)[C@H]4O[C@@]43[C@]12C. The van der Waals surface area contributed by atoms with Gasteiger partial charge in [-0.25, -0.2) is 4.79 Å². The van der Waals surface area contributed by atoms with Crippen molar-refractivity contribution in [1.82, 2.24) is 0 Å². The molecule has 1 spiro atoms. The number of furan rings is 1. The summed E-state index contributed by atoms with van der Waals surface area (Å²) in [4.78, 5) is 55.7. The first-order chi connectivity index (χ1) is 18.7. The van der Waals surface area contributed by atoms with Crippen LogP contribution in [0, 0.1) is 33.5 Å². The summed E-state index contributed by atoms with van der Waals surface area (Å²) in [5, 5.41) is 0. The molecule has 3 aliphatic heterocycles. The predicted molar refractivity (Wildman–Crippen MR) is 137 cm³/mol. The molecular formula is C31H36O9. The minimum absolute atomic E-state index is 0.00271. The van der Waals surface area contributed by atoms with Gasteiger partial charge in [0.1, 0.15) is 17.1 Å². The monoisotopic (exact) mass is 552 g/mol. The topological polar surface area (TPSA) is 122 Å². The Morgan fingerprint density at radius 1 is 1.12 bits per heavy atom. The summed E-state index contributed by atoms with van der Waals surface area (Å²) < 4.78 is 30.4. The Kier molecular flexibility index (Phi) is 4.92. The number of ketones is 2. The second-order valence-electron chi connectivity index (χ2n) is 14.0. The lowest BCUT2D eigenvalue weighted by molar-refractivity contribution is -0.244. The van der Waals surface area contributed by atoms with Gasteiger partial charge in [-0.3, -0.25) is 14.4 Å². The number of rotatable bonds is 4. The van der Waals surface area contributed by atoms with Gasteiger partial charge in [-0.05, 0) is 50.7 Å². The van der Waals surface area contributed by atoms with Crippen LogP contribution in [0.25, 0.3) is 0 Å². The standard InChI is InChI=1S/C31H36O9/c1-16(2)13-20(33)38-23-21(34)30-19(32)8-11-29(30,15-37-26(30,3)4)18-7-10-27(5)22(17-9-12-36-14-17)39-25(35)24-31(27,40-24)28(18,23)6/h8-9,11-12,14,16,18,22-24H,7,10,13,15H2,1-6H3/t18-,22-,23+,24+,27-,28-,29-,30-,31-/m0/s1. The van der Waals surface area contributed by atoms with Crippen LogP contribution in [0.4, 0.5) is 0 Å². The van der Waals surface area contributed by atoms with Crippen molar-refractivity contribution in [2.45, 2.75) is 90.3 Å². The Balaban J connectivity index is 1.46.